The number of aromatic nitrogens is 2. The molecule has 0 aliphatic carbocycles. The molecule has 1 aliphatic heterocycles. The summed E-state index contributed by atoms with van der Waals surface area (Å²) in [5.74, 6) is 0.330. The van der Waals surface area contributed by atoms with Gasteiger partial charge in [0.05, 0.1) is 4.90 Å². The molecule has 1 aromatic carbocycles. The van der Waals surface area contributed by atoms with Crippen molar-refractivity contribution in [3.05, 3.63) is 41.2 Å². The second-order valence-electron chi connectivity index (χ2n) is 5.43. The number of sulfonamides is 1. The van der Waals surface area contributed by atoms with Gasteiger partial charge in [0.2, 0.25) is 16.0 Å². The lowest BCUT2D eigenvalue weighted by Crippen LogP contribution is -2.27. The van der Waals surface area contributed by atoms with Crippen molar-refractivity contribution >= 4 is 33.3 Å². The predicted molar refractivity (Wildman–Crippen MR) is 89.5 cm³/mol. The van der Waals surface area contributed by atoms with Crippen LogP contribution in [0.4, 0.5) is 11.6 Å². The zero-order valence-electron chi connectivity index (χ0n) is 12.7. The Balaban J connectivity index is 1.86. The highest BCUT2D eigenvalue weighted by Gasteiger charge is 2.27. The first-order chi connectivity index (χ1) is 11.0. The van der Waals surface area contributed by atoms with Crippen LogP contribution >= 0.6 is 11.6 Å². The average Bonchev–Trinajstić information content (AvgIpc) is 3.06. The summed E-state index contributed by atoms with van der Waals surface area (Å²) in [5, 5.41) is 3.35. The largest absolute Gasteiger partial charge is 0.324 e. The summed E-state index contributed by atoms with van der Waals surface area (Å²) < 4.78 is 26.7. The Morgan fingerprint density at radius 3 is 2.70 bits per heavy atom. The summed E-state index contributed by atoms with van der Waals surface area (Å²) in [7, 11) is -3.44. The van der Waals surface area contributed by atoms with Crippen LogP contribution in [0.15, 0.2) is 35.4 Å². The van der Waals surface area contributed by atoms with Gasteiger partial charge in [-0.3, -0.25) is 0 Å². The third-order valence-electron chi connectivity index (χ3n) is 3.70. The minimum atomic E-state index is -3.44. The van der Waals surface area contributed by atoms with E-state index in [0.717, 1.165) is 18.4 Å². The van der Waals surface area contributed by atoms with Crippen LogP contribution in [0.1, 0.15) is 18.4 Å². The van der Waals surface area contributed by atoms with Crippen molar-refractivity contribution in [2.45, 2.75) is 24.7 Å². The molecule has 8 heteroatoms. The molecule has 2 aromatic rings. The maximum atomic E-state index is 12.6. The van der Waals surface area contributed by atoms with E-state index in [-0.39, 0.29) is 4.90 Å². The van der Waals surface area contributed by atoms with Gasteiger partial charge in [0.1, 0.15) is 5.15 Å². The van der Waals surface area contributed by atoms with Crippen molar-refractivity contribution in [1.82, 2.24) is 14.3 Å². The Kier molecular flexibility index (Phi) is 4.52. The van der Waals surface area contributed by atoms with E-state index < -0.39 is 10.0 Å². The van der Waals surface area contributed by atoms with E-state index in [2.05, 4.69) is 15.3 Å². The normalized spacial score (nSPS) is 15.7. The molecule has 122 valence electrons. The first kappa shape index (κ1) is 16.2. The number of nitrogens with zero attached hydrogens (tertiary/aromatic N) is 3. The lowest BCUT2D eigenvalue weighted by Gasteiger charge is -2.16. The summed E-state index contributed by atoms with van der Waals surface area (Å²) >= 11 is 5.98. The molecule has 1 aromatic heterocycles. The second-order valence-corrected chi connectivity index (χ2v) is 7.73. The van der Waals surface area contributed by atoms with Crippen molar-refractivity contribution in [2.24, 2.45) is 0 Å². The number of rotatable bonds is 4. The van der Waals surface area contributed by atoms with Gasteiger partial charge in [0, 0.05) is 30.5 Å². The molecule has 0 saturated carbocycles. The Hall–Kier alpha value is -1.70. The number of nitrogens with one attached hydrogen (secondary N) is 1. The van der Waals surface area contributed by atoms with Crippen LogP contribution in [-0.4, -0.2) is 35.8 Å². The van der Waals surface area contributed by atoms with Gasteiger partial charge < -0.3 is 5.32 Å². The van der Waals surface area contributed by atoms with Gasteiger partial charge in [-0.15, -0.1) is 0 Å². The third kappa shape index (κ3) is 3.46. The van der Waals surface area contributed by atoms with E-state index in [1.165, 1.54) is 4.31 Å². The van der Waals surface area contributed by atoms with Crippen molar-refractivity contribution in [3.8, 4) is 0 Å². The number of halogens is 1. The highest BCUT2D eigenvalue weighted by molar-refractivity contribution is 7.89. The SMILES string of the molecule is Cc1cnc(Nc2cccc(S(=O)(=O)N3CCCC3)c2)nc1Cl. The van der Waals surface area contributed by atoms with Crippen LogP contribution in [0, 0.1) is 6.92 Å². The van der Waals surface area contributed by atoms with Gasteiger partial charge >= 0.3 is 0 Å². The fraction of sp³-hybridized carbons (Fsp3) is 0.333. The quantitative estimate of drug-likeness (QED) is 0.856. The lowest BCUT2D eigenvalue weighted by atomic mass is 10.3. The summed E-state index contributed by atoms with van der Waals surface area (Å²) in [6.07, 6.45) is 3.43. The molecule has 1 fully saturated rings. The fourth-order valence-electron chi connectivity index (χ4n) is 2.42. The van der Waals surface area contributed by atoms with Crippen LogP contribution in [0.5, 0.6) is 0 Å². The van der Waals surface area contributed by atoms with E-state index in [9.17, 15) is 8.42 Å². The number of hydrogen-bond acceptors (Lipinski definition) is 5. The van der Waals surface area contributed by atoms with Crippen molar-refractivity contribution in [1.29, 1.82) is 0 Å². The molecule has 0 spiro atoms. The molecular weight excluding hydrogens is 336 g/mol. The second kappa shape index (κ2) is 6.43. The molecule has 0 amide bonds. The van der Waals surface area contributed by atoms with Crippen molar-refractivity contribution < 1.29 is 8.42 Å². The molecule has 0 bridgehead atoms. The van der Waals surface area contributed by atoms with E-state index >= 15 is 0 Å². The van der Waals surface area contributed by atoms with Crippen molar-refractivity contribution in [3.63, 3.8) is 0 Å². The minimum absolute atomic E-state index is 0.266. The lowest BCUT2D eigenvalue weighted by molar-refractivity contribution is 0.477. The molecule has 23 heavy (non-hydrogen) atoms. The van der Waals surface area contributed by atoms with E-state index in [0.29, 0.717) is 29.9 Å². The van der Waals surface area contributed by atoms with Crippen molar-refractivity contribution in [2.75, 3.05) is 18.4 Å². The Morgan fingerprint density at radius 2 is 2.00 bits per heavy atom. The summed E-state index contributed by atoms with van der Waals surface area (Å²) in [6.45, 7) is 2.97. The Labute approximate surface area is 140 Å². The zero-order valence-corrected chi connectivity index (χ0v) is 14.2. The van der Waals surface area contributed by atoms with Gasteiger partial charge in [-0.25, -0.2) is 18.4 Å². The Morgan fingerprint density at radius 1 is 1.26 bits per heavy atom. The van der Waals surface area contributed by atoms with Crippen LogP contribution in [0.25, 0.3) is 0 Å². The summed E-state index contributed by atoms with van der Waals surface area (Å²) in [4.78, 5) is 8.52. The van der Waals surface area contributed by atoms with Crippen LogP contribution in [0.3, 0.4) is 0 Å². The molecule has 1 aliphatic rings. The number of benzene rings is 1. The molecule has 3 rings (SSSR count). The predicted octanol–water partition coefficient (Wildman–Crippen LogP) is 2.97. The molecule has 2 heterocycles. The zero-order chi connectivity index (χ0) is 16.4. The summed E-state index contributed by atoms with van der Waals surface area (Å²) in [6, 6.07) is 6.65. The molecule has 0 atom stereocenters. The number of anilines is 2. The molecular formula is C15H17ClN4O2S. The fourth-order valence-corrected chi connectivity index (χ4v) is 4.11. The number of aryl methyl sites for hydroxylation is 1. The van der Waals surface area contributed by atoms with Gasteiger partial charge in [-0.1, -0.05) is 17.7 Å². The van der Waals surface area contributed by atoms with Gasteiger partial charge in [0.15, 0.2) is 0 Å². The highest BCUT2D eigenvalue weighted by Crippen LogP contribution is 2.24. The summed E-state index contributed by atoms with van der Waals surface area (Å²) in [5.41, 5.74) is 1.38. The van der Waals surface area contributed by atoms with Gasteiger partial charge in [-0.05, 0) is 38.0 Å². The van der Waals surface area contributed by atoms with E-state index in [1.807, 2.05) is 6.92 Å². The third-order valence-corrected chi connectivity index (χ3v) is 5.98. The van der Waals surface area contributed by atoms with Crippen LogP contribution < -0.4 is 5.32 Å². The van der Waals surface area contributed by atoms with E-state index in [4.69, 9.17) is 11.6 Å². The topological polar surface area (TPSA) is 75.2 Å². The number of hydrogen-bond donors (Lipinski definition) is 1. The molecule has 6 nitrogen and oxygen atoms in total. The molecule has 0 radical (unpaired) electrons. The van der Waals surface area contributed by atoms with Crippen LogP contribution in [-0.2, 0) is 10.0 Å². The maximum Gasteiger partial charge on any atom is 0.243 e. The van der Waals surface area contributed by atoms with Gasteiger partial charge in [0.25, 0.3) is 0 Å². The smallest absolute Gasteiger partial charge is 0.243 e. The highest BCUT2D eigenvalue weighted by atomic mass is 35.5. The first-order valence-electron chi connectivity index (χ1n) is 7.33. The maximum absolute atomic E-state index is 12.6. The molecule has 0 unspecified atom stereocenters. The Bertz CT molecular complexity index is 820. The average molecular weight is 353 g/mol. The molecule has 1 N–H and O–H groups in total. The monoisotopic (exact) mass is 352 g/mol. The standard InChI is InChI=1S/C15H17ClN4O2S/c1-11-10-17-15(19-14(11)16)18-12-5-4-6-13(9-12)23(21,22)20-7-2-3-8-20/h4-6,9-10H,2-3,7-8H2,1H3,(H,17,18,19). The first-order valence-corrected chi connectivity index (χ1v) is 9.15. The van der Waals surface area contributed by atoms with Crippen LogP contribution in [0.2, 0.25) is 5.15 Å². The van der Waals surface area contributed by atoms with Gasteiger partial charge in [-0.2, -0.15) is 4.31 Å². The minimum Gasteiger partial charge on any atom is -0.324 e. The molecule has 1 saturated heterocycles. The van der Waals surface area contributed by atoms with E-state index in [1.54, 1.807) is 30.5 Å².